The van der Waals surface area contributed by atoms with Crippen LogP contribution < -0.4 is 0 Å². The highest BCUT2D eigenvalue weighted by Crippen LogP contribution is 2.39. The van der Waals surface area contributed by atoms with Gasteiger partial charge in [0.15, 0.2) is 5.58 Å². The van der Waals surface area contributed by atoms with Gasteiger partial charge in [-0.15, -0.1) is 0 Å². The number of likely N-dealkylation sites (tertiary alicyclic amines) is 1. The summed E-state index contributed by atoms with van der Waals surface area (Å²) in [5.41, 5.74) is 9.11. The minimum Gasteiger partial charge on any atom is -0.481 e. The molecule has 2 aliphatic rings. The number of hydrogen-bond donors (Lipinski definition) is 1. The van der Waals surface area contributed by atoms with E-state index in [1.54, 1.807) is 0 Å². The Kier molecular flexibility index (Phi) is 7.21. The average molecular weight is 607 g/mol. The zero-order chi connectivity index (χ0) is 30.5. The lowest BCUT2D eigenvalue weighted by atomic mass is 9.96. The maximum Gasteiger partial charge on any atom is 0.307 e. The molecule has 1 unspecified atom stereocenters. The van der Waals surface area contributed by atoms with Crippen molar-refractivity contribution in [2.24, 2.45) is 5.92 Å². The van der Waals surface area contributed by atoms with Crippen LogP contribution in [-0.4, -0.2) is 62.3 Å². The van der Waals surface area contributed by atoms with Gasteiger partial charge in [0.2, 0.25) is 5.89 Å². The van der Waals surface area contributed by atoms with Crippen molar-refractivity contribution in [2.45, 2.75) is 32.9 Å². The zero-order valence-corrected chi connectivity index (χ0v) is 25.3. The van der Waals surface area contributed by atoms with Crippen LogP contribution in [0.1, 0.15) is 34.4 Å². The molecule has 1 atom stereocenters. The van der Waals surface area contributed by atoms with Gasteiger partial charge in [-0.25, -0.2) is 9.67 Å². The number of halogens is 1. The Hall–Kier alpha value is -4.49. The van der Waals surface area contributed by atoms with E-state index in [0.29, 0.717) is 53.6 Å². The quantitative estimate of drug-likeness (QED) is 0.248. The van der Waals surface area contributed by atoms with Gasteiger partial charge < -0.3 is 14.4 Å². The number of aromatic nitrogens is 3. The molecule has 5 aromatic rings. The standard InChI is InChI=1S/C34H31ClN6O3/c1-20-25(27-7-4-8-30(31(27)35)41-18-22-9-11-39(2)19-29(22)38-41)5-3-6-26(20)33-37-28-14-21(13-24(15-36)32(28)44-33)16-40-12-10-23(17-40)34(42)43/h3-8,13-14,18,23H,9-12,16-17,19H2,1-2H3,(H,42,43). The summed E-state index contributed by atoms with van der Waals surface area (Å²) in [6.07, 6.45) is 3.68. The number of nitriles is 1. The fraction of sp³-hybridized carbons (Fsp3) is 0.294. The number of oxazole rings is 1. The molecule has 1 N–H and O–H groups in total. The van der Waals surface area contributed by atoms with Gasteiger partial charge in [-0.2, -0.15) is 10.4 Å². The normalized spacial score (nSPS) is 17.2. The third kappa shape index (κ3) is 5.05. The summed E-state index contributed by atoms with van der Waals surface area (Å²) >= 11 is 7.07. The highest BCUT2D eigenvalue weighted by Gasteiger charge is 2.28. The molecule has 10 heteroatoms. The predicted molar refractivity (Wildman–Crippen MR) is 168 cm³/mol. The van der Waals surface area contributed by atoms with Crippen molar-refractivity contribution in [3.05, 3.63) is 87.7 Å². The van der Waals surface area contributed by atoms with Gasteiger partial charge in [0, 0.05) is 43.5 Å². The first-order valence-corrected chi connectivity index (χ1v) is 15.1. The van der Waals surface area contributed by atoms with Gasteiger partial charge in [-0.05, 0) is 79.9 Å². The molecule has 7 rings (SSSR count). The highest BCUT2D eigenvalue weighted by molar-refractivity contribution is 6.35. The van der Waals surface area contributed by atoms with Gasteiger partial charge in [0.25, 0.3) is 0 Å². The first kappa shape index (κ1) is 28.3. The van der Waals surface area contributed by atoms with Gasteiger partial charge >= 0.3 is 5.97 Å². The number of aliphatic carboxylic acids is 1. The van der Waals surface area contributed by atoms with Crippen LogP contribution >= 0.6 is 11.6 Å². The molecule has 2 aliphatic heterocycles. The van der Waals surface area contributed by atoms with Crippen LogP contribution in [0.2, 0.25) is 5.02 Å². The minimum atomic E-state index is -0.763. The summed E-state index contributed by atoms with van der Waals surface area (Å²) in [6.45, 7) is 5.61. The Morgan fingerprint density at radius 1 is 1.16 bits per heavy atom. The van der Waals surface area contributed by atoms with Crippen LogP contribution in [-0.2, 0) is 24.3 Å². The molecule has 4 heterocycles. The van der Waals surface area contributed by atoms with Crippen molar-refractivity contribution < 1.29 is 14.3 Å². The Labute approximate surface area is 259 Å². The molecule has 0 amide bonds. The van der Waals surface area contributed by atoms with Crippen molar-refractivity contribution in [3.8, 4) is 34.3 Å². The maximum absolute atomic E-state index is 11.4. The van der Waals surface area contributed by atoms with Gasteiger partial charge in [-0.3, -0.25) is 9.69 Å². The first-order valence-electron chi connectivity index (χ1n) is 14.7. The van der Waals surface area contributed by atoms with Crippen molar-refractivity contribution in [1.29, 1.82) is 5.26 Å². The summed E-state index contributed by atoms with van der Waals surface area (Å²) in [5, 5.41) is 24.8. The molecule has 3 aromatic carbocycles. The third-order valence-electron chi connectivity index (χ3n) is 8.84. The van der Waals surface area contributed by atoms with E-state index < -0.39 is 5.97 Å². The number of carbonyl (C=O) groups is 1. The SMILES string of the molecule is Cc1c(-c2nc3cc(CN4CCC(C(=O)O)C4)cc(C#N)c3o2)cccc1-c1cccc(-n2cc3c(n2)CN(C)CC3)c1Cl. The monoisotopic (exact) mass is 606 g/mol. The van der Waals surface area contributed by atoms with Crippen molar-refractivity contribution >= 4 is 28.7 Å². The fourth-order valence-electron chi connectivity index (χ4n) is 6.44. The molecule has 9 nitrogen and oxygen atoms in total. The molecule has 222 valence electrons. The minimum absolute atomic E-state index is 0.357. The number of rotatable bonds is 6. The molecule has 0 bridgehead atoms. The maximum atomic E-state index is 11.4. The molecule has 1 saturated heterocycles. The average Bonchev–Trinajstić information content (AvgIpc) is 3.75. The molecule has 2 aromatic heterocycles. The number of fused-ring (bicyclic) bond motifs is 2. The van der Waals surface area contributed by atoms with Crippen LogP contribution in [0.4, 0.5) is 0 Å². The van der Waals surface area contributed by atoms with E-state index in [0.717, 1.165) is 58.7 Å². The summed E-state index contributed by atoms with van der Waals surface area (Å²) in [4.78, 5) is 20.6. The van der Waals surface area contributed by atoms with E-state index in [4.69, 9.17) is 26.1 Å². The topological polar surface area (TPSA) is 111 Å². The van der Waals surface area contributed by atoms with Crippen molar-refractivity contribution in [1.82, 2.24) is 24.6 Å². The largest absolute Gasteiger partial charge is 0.481 e. The predicted octanol–water partition coefficient (Wildman–Crippen LogP) is 6.08. The number of likely N-dealkylation sites (N-methyl/N-ethyl adjacent to an activating group) is 1. The lowest BCUT2D eigenvalue weighted by molar-refractivity contribution is -0.141. The van der Waals surface area contributed by atoms with Crippen LogP contribution in [0.5, 0.6) is 0 Å². The van der Waals surface area contributed by atoms with Crippen LogP contribution in [0, 0.1) is 24.2 Å². The summed E-state index contributed by atoms with van der Waals surface area (Å²) in [6, 6.07) is 17.9. The van der Waals surface area contributed by atoms with Gasteiger partial charge in [0.1, 0.15) is 11.6 Å². The smallest absolute Gasteiger partial charge is 0.307 e. The summed E-state index contributed by atoms with van der Waals surface area (Å²) in [5.74, 6) is -0.694. The second-order valence-corrected chi connectivity index (χ2v) is 12.2. The highest BCUT2D eigenvalue weighted by atomic mass is 35.5. The summed E-state index contributed by atoms with van der Waals surface area (Å²) in [7, 11) is 2.11. The van der Waals surface area contributed by atoms with Crippen LogP contribution in [0.15, 0.2) is 59.1 Å². The molecule has 0 radical (unpaired) electrons. The van der Waals surface area contributed by atoms with E-state index in [1.807, 2.05) is 60.1 Å². The van der Waals surface area contributed by atoms with Crippen LogP contribution in [0.25, 0.3) is 39.4 Å². The first-order chi connectivity index (χ1) is 21.3. The van der Waals surface area contributed by atoms with E-state index in [9.17, 15) is 15.2 Å². The second kappa shape index (κ2) is 11.2. The lowest BCUT2D eigenvalue weighted by Gasteiger charge is -2.20. The zero-order valence-electron chi connectivity index (χ0n) is 24.5. The van der Waals surface area contributed by atoms with Crippen molar-refractivity contribution in [2.75, 3.05) is 26.7 Å². The Morgan fingerprint density at radius 2 is 1.95 bits per heavy atom. The van der Waals surface area contributed by atoms with Crippen LogP contribution in [0.3, 0.4) is 0 Å². The number of carboxylic acid groups (broad SMARTS) is 1. The molecular weight excluding hydrogens is 576 g/mol. The Balaban J connectivity index is 1.22. The number of nitrogens with zero attached hydrogens (tertiary/aromatic N) is 6. The third-order valence-corrected chi connectivity index (χ3v) is 9.23. The summed E-state index contributed by atoms with van der Waals surface area (Å²) < 4.78 is 8.11. The van der Waals surface area contributed by atoms with E-state index in [-0.39, 0.29) is 5.92 Å². The van der Waals surface area contributed by atoms with Crippen molar-refractivity contribution in [3.63, 3.8) is 0 Å². The molecule has 0 aliphatic carbocycles. The number of hydrogen-bond acceptors (Lipinski definition) is 7. The molecule has 44 heavy (non-hydrogen) atoms. The molecule has 0 spiro atoms. The fourth-order valence-corrected chi connectivity index (χ4v) is 6.75. The molecule has 1 fully saturated rings. The van der Waals surface area contributed by atoms with E-state index >= 15 is 0 Å². The molecular formula is C34H31ClN6O3. The lowest BCUT2D eigenvalue weighted by Crippen LogP contribution is -2.26. The van der Waals surface area contributed by atoms with E-state index in [2.05, 4.69) is 29.1 Å². The number of carboxylic acids is 1. The van der Waals surface area contributed by atoms with E-state index in [1.165, 1.54) is 5.56 Å². The number of benzene rings is 3. The second-order valence-electron chi connectivity index (χ2n) is 11.8. The Bertz CT molecular complexity index is 1970. The molecule has 0 saturated carbocycles. The van der Waals surface area contributed by atoms with Gasteiger partial charge in [0.05, 0.1) is 27.9 Å². The Morgan fingerprint density at radius 3 is 2.75 bits per heavy atom. The van der Waals surface area contributed by atoms with Gasteiger partial charge in [-0.1, -0.05) is 35.9 Å².